The van der Waals surface area contributed by atoms with Crippen LogP contribution in [0.15, 0.2) is 41.7 Å². The summed E-state index contributed by atoms with van der Waals surface area (Å²) in [5.74, 6) is 0.509. The number of aliphatic imine (C=N–C) groups is 1. The number of benzene rings is 1. The number of aromatic nitrogens is 2. The molecule has 0 aliphatic rings. The fourth-order valence-corrected chi connectivity index (χ4v) is 2.40. The van der Waals surface area contributed by atoms with E-state index in [2.05, 4.69) is 20.7 Å². The first kappa shape index (κ1) is 18.8. The quantitative estimate of drug-likeness (QED) is 0.437. The first-order chi connectivity index (χ1) is 12.1. The summed E-state index contributed by atoms with van der Waals surface area (Å²) in [6.45, 7) is 4.88. The molecule has 136 valence electrons. The molecule has 0 aliphatic carbocycles. The SMILES string of the molecule is CCNC(=NCc1ccc(N(C)C)c(F)c1)NCCCn1cccn1. The van der Waals surface area contributed by atoms with Crippen LogP contribution in [0.25, 0.3) is 0 Å². The van der Waals surface area contributed by atoms with Crippen LogP contribution in [0, 0.1) is 5.82 Å². The molecule has 0 aliphatic heterocycles. The van der Waals surface area contributed by atoms with E-state index in [9.17, 15) is 4.39 Å². The van der Waals surface area contributed by atoms with Crippen molar-refractivity contribution in [3.8, 4) is 0 Å². The maximum atomic E-state index is 14.0. The summed E-state index contributed by atoms with van der Waals surface area (Å²) in [4.78, 5) is 6.28. The minimum Gasteiger partial charge on any atom is -0.375 e. The Labute approximate surface area is 148 Å². The van der Waals surface area contributed by atoms with Gasteiger partial charge in [0, 0.05) is 46.1 Å². The van der Waals surface area contributed by atoms with E-state index in [-0.39, 0.29) is 5.82 Å². The standard InChI is InChI=1S/C18H27FN6/c1-4-20-18(21-9-5-11-25-12-6-10-23-25)22-14-15-7-8-17(24(2)3)16(19)13-15/h6-8,10,12-13H,4-5,9,11,14H2,1-3H3,(H2,20,21,22). The maximum absolute atomic E-state index is 14.0. The zero-order valence-electron chi connectivity index (χ0n) is 15.2. The van der Waals surface area contributed by atoms with Crippen LogP contribution in [0.2, 0.25) is 0 Å². The summed E-state index contributed by atoms with van der Waals surface area (Å²) in [6, 6.07) is 7.15. The summed E-state index contributed by atoms with van der Waals surface area (Å²) >= 11 is 0. The van der Waals surface area contributed by atoms with Gasteiger partial charge in [0.2, 0.25) is 0 Å². The maximum Gasteiger partial charge on any atom is 0.191 e. The average molecular weight is 346 g/mol. The van der Waals surface area contributed by atoms with Crippen LogP contribution in [-0.4, -0.2) is 42.9 Å². The lowest BCUT2D eigenvalue weighted by Gasteiger charge is -2.14. The number of nitrogens with zero attached hydrogens (tertiary/aromatic N) is 4. The molecule has 2 rings (SSSR count). The van der Waals surface area contributed by atoms with Crippen molar-refractivity contribution in [1.82, 2.24) is 20.4 Å². The predicted octanol–water partition coefficient (Wildman–Crippen LogP) is 2.23. The Kier molecular flexibility index (Phi) is 7.25. The van der Waals surface area contributed by atoms with E-state index in [0.29, 0.717) is 12.2 Å². The van der Waals surface area contributed by atoms with E-state index in [4.69, 9.17) is 0 Å². The van der Waals surface area contributed by atoms with Crippen molar-refractivity contribution < 1.29 is 4.39 Å². The largest absolute Gasteiger partial charge is 0.375 e. The lowest BCUT2D eigenvalue weighted by molar-refractivity contribution is 0.570. The van der Waals surface area contributed by atoms with Crippen molar-refractivity contribution in [2.75, 3.05) is 32.1 Å². The lowest BCUT2D eigenvalue weighted by atomic mass is 10.2. The van der Waals surface area contributed by atoms with Gasteiger partial charge in [-0.3, -0.25) is 4.68 Å². The molecule has 0 unspecified atom stereocenters. The molecule has 0 amide bonds. The molecule has 0 bridgehead atoms. The van der Waals surface area contributed by atoms with Crippen molar-refractivity contribution in [2.45, 2.75) is 26.4 Å². The molecular formula is C18H27FN6. The van der Waals surface area contributed by atoms with Crippen LogP contribution < -0.4 is 15.5 Å². The Bertz CT molecular complexity index is 666. The van der Waals surface area contributed by atoms with Crippen molar-refractivity contribution in [3.63, 3.8) is 0 Å². The van der Waals surface area contributed by atoms with E-state index >= 15 is 0 Å². The molecule has 1 heterocycles. The Hall–Kier alpha value is -2.57. The van der Waals surface area contributed by atoms with Gasteiger partial charge in [0.15, 0.2) is 5.96 Å². The fourth-order valence-electron chi connectivity index (χ4n) is 2.40. The average Bonchev–Trinajstić information content (AvgIpc) is 3.09. The number of hydrogen-bond acceptors (Lipinski definition) is 3. The zero-order valence-corrected chi connectivity index (χ0v) is 15.2. The van der Waals surface area contributed by atoms with Crippen molar-refractivity contribution >= 4 is 11.6 Å². The lowest BCUT2D eigenvalue weighted by Crippen LogP contribution is -2.38. The van der Waals surface area contributed by atoms with Gasteiger partial charge < -0.3 is 15.5 Å². The molecule has 0 saturated carbocycles. The fraction of sp³-hybridized carbons (Fsp3) is 0.444. The highest BCUT2D eigenvalue weighted by atomic mass is 19.1. The first-order valence-electron chi connectivity index (χ1n) is 8.55. The smallest absolute Gasteiger partial charge is 0.191 e. The Morgan fingerprint density at radius 1 is 1.32 bits per heavy atom. The number of anilines is 1. The Balaban J connectivity index is 1.86. The minimum absolute atomic E-state index is 0.227. The number of hydrogen-bond donors (Lipinski definition) is 2. The molecule has 25 heavy (non-hydrogen) atoms. The molecule has 7 heteroatoms. The molecular weight excluding hydrogens is 319 g/mol. The molecule has 0 fully saturated rings. The predicted molar refractivity (Wildman–Crippen MR) is 100 cm³/mol. The summed E-state index contributed by atoms with van der Waals surface area (Å²) < 4.78 is 15.9. The van der Waals surface area contributed by atoms with Gasteiger partial charge in [-0.25, -0.2) is 9.38 Å². The van der Waals surface area contributed by atoms with Crippen LogP contribution in [-0.2, 0) is 13.1 Å². The van der Waals surface area contributed by atoms with Crippen LogP contribution in [0.5, 0.6) is 0 Å². The number of rotatable bonds is 8. The van der Waals surface area contributed by atoms with Crippen LogP contribution >= 0.6 is 0 Å². The topological polar surface area (TPSA) is 57.5 Å². The number of nitrogens with one attached hydrogen (secondary N) is 2. The second-order valence-electron chi connectivity index (χ2n) is 5.92. The summed E-state index contributed by atoms with van der Waals surface area (Å²) in [5.41, 5.74) is 1.42. The third kappa shape index (κ3) is 6.10. The van der Waals surface area contributed by atoms with Gasteiger partial charge in [-0.15, -0.1) is 0 Å². The molecule has 2 N–H and O–H groups in total. The summed E-state index contributed by atoms with van der Waals surface area (Å²) in [6.07, 6.45) is 4.67. The third-order valence-electron chi connectivity index (χ3n) is 3.67. The highest BCUT2D eigenvalue weighted by Gasteiger charge is 2.05. The monoisotopic (exact) mass is 346 g/mol. The van der Waals surface area contributed by atoms with E-state index in [1.165, 1.54) is 0 Å². The van der Waals surface area contributed by atoms with Crippen molar-refractivity contribution in [1.29, 1.82) is 0 Å². The summed E-state index contributed by atoms with van der Waals surface area (Å²) in [5, 5.41) is 10.7. The van der Waals surface area contributed by atoms with Gasteiger partial charge >= 0.3 is 0 Å². The number of guanidine groups is 1. The molecule has 0 spiro atoms. The van der Waals surface area contributed by atoms with E-state index in [1.807, 2.05) is 44.0 Å². The van der Waals surface area contributed by atoms with E-state index in [1.54, 1.807) is 23.2 Å². The van der Waals surface area contributed by atoms with Gasteiger partial charge in [-0.1, -0.05) is 6.07 Å². The number of halogens is 1. The van der Waals surface area contributed by atoms with Crippen LogP contribution in [0.4, 0.5) is 10.1 Å². The molecule has 0 radical (unpaired) electrons. The van der Waals surface area contributed by atoms with Gasteiger partial charge in [0.05, 0.1) is 12.2 Å². The normalized spacial score (nSPS) is 11.4. The zero-order chi connectivity index (χ0) is 18.1. The van der Waals surface area contributed by atoms with E-state index < -0.39 is 0 Å². The highest BCUT2D eigenvalue weighted by molar-refractivity contribution is 5.79. The molecule has 1 aromatic heterocycles. The highest BCUT2D eigenvalue weighted by Crippen LogP contribution is 2.18. The Morgan fingerprint density at radius 3 is 2.80 bits per heavy atom. The molecule has 0 atom stereocenters. The molecule has 1 aromatic carbocycles. The minimum atomic E-state index is -0.227. The molecule has 2 aromatic rings. The first-order valence-corrected chi connectivity index (χ1v) is 8.55. The van der Waals surface area contributed by atoms with Gasteiger partial charge in [0.1, 0.15) is 5.82 Å². The second kappa shape index (κ2) is 9.66. The van der Waals surface area contributed by atoms with Gasteiger partial charge in [0.25, 0.3) is 0 Å². The molecule has 0 saturated heterocycles. The van der Waals surface area contributed by atoms with Gasteiger partial charge in [-0.05, 0) is 37.1 Å². The van der Waals surface area contributed by atoms with Crippen LogP contribution in [0.1, 0.15) is 18.9 Å². The van der Waals surface area contributed by atoms with E-state index in [0.717, 1.165) is 37.6 Å². The van der Waals surface area contributed by atoms with Gasteiger partial charge in [-0.2, -0.15) is 5.10 Å². The third-order valence-corrected chi connectivity index (χ3v) is 3.67. The number of aryl methyl sites for hydroxylation is 1. The van der Waals surface area contributed by atoms with Crippen molar-refractivity contribution in [2.24, 2.45) is 4.99 Å². The summed E-state index contributed by atoms with van der Waals surface area (Å²) in [7, 11) is 3.65. The second-order valence-corrected chi connectivity index (χ2v) is 5.92. The Morgan fingerprint density at radius 2 is 2.16 bits per heavy atom. The van der Waals surface area contributed by atoms with Crippen LogP contribution in [0.3, 0.4) is 0 Å². The molecule has 6 nitrogen and oxygen atoms in total. The van der Waals surface area contributed by atoms with Crippen molar-refractivity contribution in [3.05, 3.63) is 48.0 Å².